The van der Waals surface area contributed by atoms with Gasteiger partial charge in [-0.2, -0.15) is 0 Å². The van der Waals surface area contributed by atoms with Gasteiger partial charge in [-0.05, 0) is 75.0 Å². The quantitative estimate of drug-likeness (QED) is 0.0365. The second-order valence-electron chi connectivity index (χ2n) is 14.8. The Bertz CT molecular complexity index is 708. The SMILES string of the molecule is CCCCC(CC)COC(=O)CCCCC(=O)OCC(CC)CCCC.CCCCC(CC)COC(=O)CCCCC(=O)OCC(CC)CCCC. The maximum atomic E-state index is 11.8. The Labute approximate surface area is 321 Å². The number of carbonyl (C=O) groups excluding carboxylic acids is 4. The van der Waals surface area contributed by atoms with Crippen LogP contribution in [-0.4, -0.2) is 50.3 Å². The van der Waals surface area contributed by atoms with Gasteiger partial charge in [0.2, 0.25) is 0 Å². The fraction of sp³-hybridized carbons (Fsp3) is 0.909. The van der Waals surface area contributed by atoms with Crippen molar-refractivity contribution in [1.82, 2.24) is 0 Å². The van der Waals surface area contributed by atoms with Crippen LogP contribution in [0, 0.1) is 23.7 Å². The summed E-state index contributed by atoms with van der Waals surface area (Å²) in [4.78, 5) is 47.2. The number of esters is 4. The number of carbonyl (C=O) groups is 4. The molecular weight excluding hydrogens is 656 g/mol. The number of hydrogen-bond acceptors (Lipinski definition) is 8. The van der Waals surface area contributed by atoms with Crippen molar-refractivity contribution in [3.8, 4) is 0 Å². The zero-order chi connectivity index (χ0) is 39.2. The molecule has 0 fully saturated rings. The first-order valence-corrected chi connectivity index (χ1v) is 21.8. The van der Waals surface area contributed by atoms with E-state index in [1.807, 2.05) is 0 Å². The predicted octanol–water partition coefficient (Wildman–Crippen LogP) is 12.1. The number of hydrogen-bond donors (Lipinski definition) is 0. The van der Waals surface area contributed by atoms with Crippen LogP contribution in [0.15, 0.2) is 0 Å². The van der Waals surface area contributed by atoms with Crippen molar-refractivity contribution >= 4 is 23.9 Å². The average molecular weight is 741 g/mol. The third-order valence-corrected chi connectivity index (χ3v) is 10.1. The normalized spacial score (nSPS) is 13.2. The average Bonchev–Trinajstić information content (AvgIpc) is 3.15. The minimum atomic E-state index is -0.140. The highest BCUT2D eigenvalue weighted by Crippen LogP contribution is 2.17. The molecule has 8 heteroatoms. The van der Waals surface area contributed by atoms with Gasteiger partial charge < -0.3 is 18.9 Å². The van der Waals surface area contributed by atoms with Crippen LogP contribution in [0.5, 0.6) is 0 Å². The molecule has 0 bridgehead atoms. The Balaban J connectivity index is 0. The topological polar surface area (TPSA) is 105 Å². The van der Waals surface area contributed by atoms with Gasteiger partial charge in [-0.25, -0.2) is 0 Å². The van der Waals surface area contributed by atoms with Crippen LogP contribution in [0.3, 0.4) is 0 Å². The first-order chi connectivity index (χ1) is 25.1. The van der Waals surface area contributed by atoms with Crippen LogP contribution in [-0.2, 0) is 38.1 Å². The van der Waals surface area contributed by atoms with E-state index in [0.29, 0.717) is 101 Å². The molecule has 0 saturated heterocycles. The highest BCUT2D eigenvalue weighted by Gasteiger charge is 2.14. The molecule has 0 amide bonds. The summed E-state index contributed by atoms with van der Waals surface area (Å²) in [6.45, 7) is 19.4. The van der Waals surface area contributed by atoms with Gasteiger partial charge in [0.25, 0.3) is 0 Å². The third kappa shape index (κ3) is 33.7. The summed E-state index contributed by atoms with van der Waals surface area (Å²) in [6, 6.07) is 0. The molecule has 0 saturated carbocycles. The first kappa shape index (κ1) is 52.0. The lowest BCUT2D eigenvalue weighted by molar-refractivity contribution is -0.147. The second kappa shape index (κ2) is 38.6. The van der Waals surface area contributed by atoms with Gasteiger partial charge >= 0.3 is 23.9 Å². The summed E-state index contributed by atoms with van der Waals surface area (Å²) in [5.74, 6) is 1.36. The van der Waals surface area contributed by atoms with Crippen molar-refractivity contribution in [3.63, 3.8) is 0 Å². The largest absolute Gasteiger partial charge is 0.465 e. The van der Waals surface area contributed by atoms with Crippen molar-refractivity contribution in [3.05, 3.63) is 0 Å². The molecule has 0 N–H and O–H groups in total. The minimum Gasteiger partial charge on any atom is -0.465 e. The van der Waals surface area contributed by atoms with Crippen molar-refractivity contribution in [2.45, 2.75) is 209 Å². The van der Waals surface area contributed by atoms with Crippen LogP contribution in [0.25, 0.3) is 0 Å². The van der Waals surface area contributed by atoms with Crippen LogP contribution in [0.1, 0.15) is 209 Å². The number of unbranched alkanes of at least 4 members (excludes halogenated alkanes) is 6. The predicted molar refractivity (Wildman–Crippen MR) is 214 cm³/mol. The second-order valence-corrected chi connectivity index (χ2v) is 14.8. The van der Waals surface area contributed by atoms with Gasteiger partial charge in [-0.3, -0.25) is 19.2 Å². The van der Waals surface area contributed by atoms with Crippen molar-refractivity contribution in [2.75, 3.05) is 26.4 Å². The van der Waals surface area contributed by atoms with Crippen molar-refractivity contribution in [1.29, 1.82) is 0 Å². The van der Waals surface area contributed by atoms with E-state index in [-0.39, 0.29) is 23.9 Å². The molecule has 4 unspecified atom stereocenters. The fourth-order valence-corrected chi connectivity index (χ4v) is 5.80. The molecule has 0 aromatic rings. The van der Waals surface area contributed by atoms with Gasteiger partial charge in [-0.1, -0.05) is 132 Å². The van der Waals surface area contributed by atoms with E-state index in [2.05, 4.69) is 55.4 Å². The van der Waals surface area contributed by atoms with Gasteiger partial charge in [0.05, 0.1) is 26.4 Å². The Morgan fingerprint density at radius 1 is 0.327 bits per heavy atom. The molecule has 0 spiro atoms. The summed E-state index contributed by atoms with van der Waals surface area (Å²) < 4.78 is 21.5. The first-order valence-electron chi connectivity index (χ1n) is 21.8. The highest BCUT2D eigenvalue weighted by atomic mass is 16.5. The summed E-state index contributed by atoms with van der Waals surface area (Å²) in [5, 5.41) is 0. The Morgan fingerprint density at radius 3 is 0.673 bits per heavy atom. The zero-order valence-corrected chi connectivity index (χ0v) is 35.4. The summed E-state index contributed by atoms with van der Waals surface area (Å²) in [7, 11) is 0. The smallest absolute Gasteiger partial charge is 0.305 e. The molecule has 0 aromatic carbocycles. The zero-order valence-electron chi connectivity index (χ0n) is 35.4. The van der Waals surface area contributed by atoms with Crippen molar-refractivity contribution in [2.24, 2.45) is 23.7 Å². The van der Waals surface area contributed by atoms with Gasteiger partial charge in [-0.15, -0.1) is 0 Å². The van der Waals surface area contributed by atoms with E-state index < -0.39 is 0 Å². The van der Waals surface area contributed by atoms with E-state index in [0.717, 1.165) is 51.4 Å². The summed E-state index contributed by atoms with van der Waals surface area (Å²) in [6.07, 6.45) is 22.5. The molecular formula is C44H84O8. The number of ether oxygens (including phenoxy) is 4. The van der Waals surface area contributed by atoms with Gasteiger partial charge in [0.15, 0.2) is 0 Å². The molecule has 0 rings (SSSR count). The van der Waals surface area contributed by atoms with E-state index >= 15 is 0 Å². The fourth-order valence-electron chi connectivity index (χ4n) is 5.80. The summed E-state index contributed by atoms with van der Waals surface area (Å²) in [5.41, 5.74) is 0. The highest BCUT2D eigenvalue weighted by molar-refractivity contribution is 5.71. The lowest BCUT2D eigenvalue weighted by atomic mass is 10.0. The van der Waals surface area contributed by atoms with E-state index in [9.17, 15) is 19.2 Å². The Hall–Kier alpha value is -2.12. The van der Waals surface area contributed by atoms with Crippen LogP contribution < -0.4 is 0 Å². The van der Waals surface area contributed by atoms with Crippen LogP contribution >= 0.6 is 0 Å². The van der Waals surface area contributed by atoms with Crippen molar-refractivity contribution < 1.29 is 38.1 Å². The van der Waals surface area contributed by atoms with E-state index in [4.69, 9.17) is 18.9 Å². The van der Waals surface area contributed by atoms with Gasteiger partial charge in [0, 0.05) is 25.7 Å². The van der Waals surface area contributed by atoms with E-state index in [1.54, 1.807) is 0 Å². The molecule has 4 atom stereocenters. The standard InChI is InChI=1S/2C22H42O4/c2*1-5-9-13-19(7-3)17-25-21(23)15-11-12-16-22(24)26-18-20(8-4)14-10-6-2/h2*19-20H,5-18H2,1-4H3. The minimum absolute atomic E-state index is 0.140. The molecule has 0 aromatic heterocycles. The van der Waals surface area contributed by atoms with Crippen LogP contribution in [0.4, 0.5) is 0 Å². The maximum absolute atomic E-state index is 11.8. The van der Waals surface area contributed by atoms with Crippen LogP contribution in [0.2, 0.25) is 0 Å². The Morgan fingerprint density at radius 2 is 0.519 bits per heavy atom. The molecule has 0 heterocycles. The lowest BCUT2D eigenvalue weighted by Gasteiger charge is -2.15. The van der Waals surface area contributed by atoms with Gasteiger partial charge in [0.1, 0.15) is 0 Å². The monoisotopic (exact) mass is 741 g/mol. The molecule has 0 aliphatic heterocycles. The molecule has 0 aliphatic carbocycles. The molecule has 0 aliphatic rings. The lowest BCUT2D eigenvalue weighted by Crippen LogP contribution is -2.15. The van der Waals surface area contributed by atoms with E-state index in [1.165, 1.54) is 51.4 Å². The number of rotatable bonds is 34. The molecule has 8 nitrogen and oxygen atoms in total. The summed E-state index contributed by atoms with van der Waals surface area (Å²) >= 11 is 0. The third-order valence-electron chi connectivity index (χ3n) is 10.1. The Kier molecular flexibility index (Phi) is 38.6. The molecule has 308 valence electrons. The maximum Gasteiger partial charge on any atom is 0.305 e. The molecule has 52 heavy (non-hydrogen) atoms. The molecule has 0 radical (unpaired) electrons.